The summed E-state index contributed by atoms with van der Waals surface area (Å²) in [6.07, 6.45) is 5.46. The summed E-state index contributed by atoms with van der Waals surface area (Å²) in [5, 5.41) is 34.5. The number of nitrogens with two attached hydrogens (primary N) is 2. The van der Waals surface area contributed by atoms with E-state index in [0.717, 1.165) is 0 Å². The Bertz CT molecular complexity index is 736. The van der Waals surface area contributed by atoms with Gasteiger partial charge in [-0.05, 0) is 24.3 Å². The molecule has 12 heteroatoms. The summed E-state index contributed by atoms with van der Waals surface area (Å²) in [6, 6.07) is 11.1. The molecule has 2 aromatic heterocycles. The van der Waals surface area contributed by atoms with E-state index in [-0.39, 0.29) is 0 Å². The molecule has 30 heavy (non-hydrogen) atoms. The number of aromatic nitrogens is 2. The van der Waals surface area contributed by atoms with E-state index < -0.39 is 23.9 Å². The lowest BCUT2D eigenvalue weighted by Crippen LogP contribution is -2.23. The van der Waals surface area contributed by atoms with Crippen molar-refractivity contribution in [2.75, 3.05) is 11.5 Å². The Morgan fingerprint density at radius 3 is 1.17 bits per heavy atom. The van der Waals surface area contributed by atoms with Crippen LogP contribution in [0.3, 0.4) is 0 Å². The van der Waals surface area contributed by atoms with Gasteiger partial charge in [-0.25, -0.2) is 19.6 Å². The lowest BCUT2D eigenvalue weighted by molar-refractivity contribution is -0.360. The Morgan fingerprint density at radius 1 is 0.700 bits per heavy atom. The Kier molecular flexibility index (Phi) is 16.2. The molecular weight excluding hydrogens is 400 g/mol. The summed E-state index contributed by atoms with van der Waals surface area (Å²) in [5.74, 6) is -4.21. The first-order chi connectivity index (χ1) is 14.0. The van der Waals surface area contributed by atoms with Gasteiger partial charge in [-0.15, -0.1) is 0 Å². The van der Waals surface area contributed by atoms with E-state index in [0.29, 0.717) is 35.9 Å². The third-order valence-corrected chi connectivity index (χ3v) is 2.19. The summed E-state index contributed by atoms with van der Waals surface area (Å²) in [7, 11) is 0. The molecule has 0 radical (unpaired) electrons. The van der Waals surface area contributed by atoms with Crippen molar-refractivity contribution in [1.29, 1.82) is 0 Å². The van der Waals surface area contributed by atoms with Crippen LogP contribution in [0.15, 0.2) is 73.1 Å². The Labute approximate surface area is 170 Å². The van der Waals surface area contributed by atoms with Gasteiger partial charge in [0.1, 0.15) is 0 Å². The number of hydrogen-bond acceptors (Lipinski definition) is 8. The van der Waals surface area contributed by atoms with E-state index >= 15 is 0 Å². The minimum Gasteiger partial charge on any atom is -0.545 e. The predicted molar refractivity (Wildman–Crippen MR) is 98.4 cm³/mol. The SMILES string of the molecule is Nc1cccc[nH+]1.Nc1cccc[nH+]1.O=C(O)/C=C/C(=O)O.O=C([O-])/C=C/C(=O)[O-]. The minimum atomic E-state index is -1.55. The van der Waals surface area contributed by atoms with Crippen LogP contribution in [0.1, 0.15) is 0 Å². The molecule has 2 rings (SSSR count). The average Bonchev–Trinajstić information content (AvgIpc) is 2.67. The van der Waals surface area contributed by atoms with Crippen LogP contribution in [0, 0.1) is 0 Å². The summed E-state index contributed by atoms with van der Waals surface area (Å²) in [6.45, 7) is 0. The van der Waals surface area contributed by atoms with Crippen LogP contribution in [0.2, 0.25) is 0 Å². The molecule has 0 amide bonds. The molecule has 0 spiro atoms. The van der Waals surface area contributed by atoms with Crippen molar-refractivity contribution in [1.82, 2.24) is 0 Å². The maximum atomic E-state index is 9.55. The van der Waals surface area contributed by atoms with Gasteiger partial charge < -0.3 is 30.0 Å². The zero-order chi connectivity index (χ0) is 23.4. The molecule has 0 fully saturated rings. The van der Waals surface area contributed by atoms with Crippen LogP contribution in [-0.2, 0) is 19.2 Å². The summed E-state index contributed by atoms with van der Waals surface area (Å²) < 4.78 is 0. The number of nitrogens with one attached hydrogen (secondary N) is 2. The van der Waals surface area contributed by atoms with Crippen LogP contribution in [0.25, 0.3) is 0 Å². The van der Waals surface area contributed by atoms with E-state index in [4.69, 9.17) is 21.7 Å². The number of nitrogen functional groups attached to an aromatic ring is 2. The third-order valence-electron chi connectivity index (χ3n) is 2.19. The minimum absolute atomic E-state index is 0.384. The molecule has 0 atom stereocenters. The normalized spacial score (nSPS) is 9.07. The highest BCUT2D eigenvalue weighted by molar-refractivity contribution is 5.89. The smallest absolute Gasteiger partial charge is 0.328 e. The number of H-pyrrole nitrogens is 2. The fraction of sp³-hybridized carbons (Fsp3) is 0. The molecule has 2 heterocycles. The van der Waals surface area contributed by atoms with Gasteiger partial charge in [0.05, 0.1) is 24.3 Å². The van der Waals surface area contributed by atoms with E-state index in [9.17, 15) is 29.4 Å². The van der Waals surface area contributed by atoms with Crippen molar-refractivity contribution in [2.24, 2.45) is 0 Å². The van der Waals surface area contributed by atoms with Crippen molar-refractivity contribution >= 4 is 35.5 Å². The molecule has 8 N–H and O–H groups in total. The first-order valence-corrected chi connectivity index (χ1v) is 7.73. The number of carboxylic acid groups (broad SMARTS) is 4. The highest BCUT2D eigenvalue weighted by Crippen LogP contribution is 1.83. The Hall–Kier alpha value is -4.74. The van der Waals surface area contributed by atoms with Crippen molar-refractivity contribution in [3.05, 3.63) is 73.1 Å². The van der Waals surface area contributed by atoms with Crippen LogP contribution in [0.4, 0.5) is 11.6 Å². The van der Waals surface area contributed by atoms with E-state index in [1.807, 2.05) is 24.3 Å². The fourth-order valence-electron chi connectivity index (χ4n) is 1.09. The maximum absolute atomic E-state index is 9.55. The number of carboxylic acids is 4. The molecule has 2 aromatic rings. The lowest BCUT2D eigenvalue weighted by atomic mass is 10.5. The van der Waals surface area contributed by atoms with Gasteiger partial charge in [0.25, 0.3) is 11.6 Å². The van der Waals surface area contributed by atoms with Gasteiger partial charge in [0.15, 0.2) is 0 Å². The number of anilines is 2. The molecule has 0 aliphatic rings. The zero-order valence-electron chi connectivity index (χ0n) is 15.4. The quantitative estimate of drug-likeness (QED) is 0.364. The molecule has 0 bridgehead atoms. The lowest BCUT2D eigenvalue weighted by Gasteiger charge is -1.90. The molecule has 0 saturated heterocycles. The molecular formula is C18H20N4O8. The predicted octanol–water partition coefficient (Wildman–Crippen LogP) is -3.08. The second-order valence-electron chi connectivity index (χ2n) is 4.62. The number of pyridine rings is 2. The van der Waals surface area contributed by atoms with Crippen LogP contribution >= 0.6 is 0 Å². The Morgan fingerprint density at radius 2 is 1.03 bits per heavy atom. The molecule has 0 unspecified atom stereocenters. The number of aliphatic carboxylic acids is 4. The van der Waals surface area contributed by atoms with E-state index in [1.54, 1.807) is 24.5 Å². The molecule has 0 aliphatic carbocycles. The van der Waals surface area contributed by atoms with Gasteiger partial charge in [0.2, 0.25) is 0 Å². The monoisotopic (exact) mass is 420 g/mol. The zero-order valence-corrected chi connectivity index (χ0v) is 15.4. The third kappa shape index (κ3) is 25.5. The van der Waals surface area contributed by atoms with Gasteiger partial charge in [0, 0.05) is 24.3 Å². The summed E-state index contributed by atoms with van der Waals surface area (Å²) in [5.41, 5.74) is 10.6. The number of aromatic amines is 2. The first-order valence-electron chi connectivity index (χ1n) is 7.73. The Balaban J connectivity index is 0. The molecule has 12 nitrogen and oxygen atoms in total. The van der Waals surface area contributed by atoms with E-state index in [1.165, 1.54) is 0 Å². The molecule has 0 aliphatic heterocycles. The molecule has 0 aromatic carbocycles. The second-order valence-corrected chi connectivity index (χ2v) is 4.62. The van der Waals surface area contributed by atoms with Crippen molar-refractivity contribution in [3.63, 3.8) is 0 Å². The number of rotatable bonds is 4. The van der Waals surface area contributed by atoms with Crippen LogP contribution in [0.5, 0.6) is 0 Å². The number of carbonyl (C=O) groups excluding carboxylic acids is 2. The van der Waals surface area contributed by atoms with Crippen LogP contribution in [-0.4, -0.2) is 34.1 Å². The van der Waals surface area contributed by atoms with Crippen LogP contribution < -0.4 is 31.6 Å². The van der Waals surface area contributed by atoms with Crippen molar-refractivity contribution in [2.45, 2.75) is 0 Å². The maximum Gasteiger partial charge on any atom is 0.328 e. The van der Waals surface area contributed by atoms with Gasteiger partial charge >= 0.3 is 11.9 Å². The molecule has 160 valence electrons. The fourth-order valence-corrected chi connectivity index (χ4v) is 1.09. The summed E-state index contributed by atoms with van der Waals surface area (Å²) >= 11 is 0. The number of hydrogen-bond donors (Lipinski definition) is 4. The first kappa shape index (κ1) is 27.5. The topological polar surface area (TPSA) is 235 Å². The highest BCUT2D eigenvalue weighted by atomic mass is 16.4. The highest BCUT2D eigenvalue weighted by Gasteiger charge is 1.88. The van der Waals surface area contributed by atoms with E-state index in [2.05, 4.69) is 9.97 Å². The molecule has 0 saturated carbocycles. The van der Waals surface area contributed by atoms with Gasteiger partial charge in [-0.3, -0.25) is 11.5 Å². The van der Waals surface area contributed by atoms with Gasteiger partial charge in [-0.2, -0.15) is 0 Å². The standard InChI is InChI=1S/2C5H6N2.2C4H4O4/c2*6-5-3-1-2-4-7-5;2*5-3(6)1-2-4(7)8/h2*1-4H,(H2,6,7);2*1-2H,(H,5,6)(H,7,8)/b;;2*2-1+. The average molecular weight is 420 g/mol. The van der Waals surface area contributed by atoms with Gasteiger partial charge in [-0.1, -0.05) is 12.1 Å². The largest absolute Gasteiger partial charge is 0.545 e. The second kappa shape index (κ2) is 17.7. The summed E-state index contributed by atoms with van der Waals surface area (Å²) in [4.78, 5) is 43.6. The van der Waals surface area contributed by atoms with Crippen molar-refractivity contribution in [3.8, 4) is 0 Å². The number of carbonyl (C=O) groups is 4. The van der Waals surface area contributed by atoms with Crippen molar-refractivity contribution < 1.29 is 49.6 Å².